The third-order valence-corrected chi connectivity index (χ3v) is 4.68. The summed E-state index contributed by atoms with van der Waals surface area (Å²) in [5.74, 6) is -0.109. The summed E-state index contributed by atoms with van der Waals surface area (Å²) in [6, 6.07) is 13.3. The molecule has 0 spiro atoms. The SMILES string of the molecule is Cc1cccc(C(=O)Nc2cc(Cl)ccc2N2CC[NH+](C)CC2)c1. The van der Waals surface area contributed by atoms with Crippen LogP contribution in [-0.4, -0.2) is 39.1 Å². The van der Waals surface area contributed by atoms with E-state index in [0.29, 0.717) is 10.6 Å². The molecule has 5 heteroatoms. The summed E-state index contributed by atoms with van der Waals surface area (Å²) in [6.45, 7) is 6.11. The topological polar surface area (TPSA) is 36.8 Å². The number of halogens is 1. The lowest BCUT2D eigenvalue weighted by atomic mass is 10.1. The number of nitrogens with zero attached hydrogens (tertiary/aromatic N) is 1. The van der Waals surface area contributed by atoms with Crippen molar-refractivity contribution in [3.05, 3.63) is 58.6 Å². The van der Waals surface area contributed by atoms with Gasteiger partial charge in [0.2, 0.25) is 0 Å². The molecule has 0 bridgehead atoms. The second kappa shape index (κ2) is 7.24. The standard InChI is InChI=1S/C19H22ClN3O/c1-14-4-3-5-15(12-14)19(24)21-17-13-16(20)6-7-18(17)23-10-8-22(2)9-11-23/h3-7,12-13H,8-11H2,1-2H3,(H,21,24)/p+1. The molecule has 2 aromatic carbocycles. The van der Waals surface area contributed by atoms with E-state index in [4.69, 9.17) is 11.6 Å². The summed E-state index contributed by atoms with van der Waals surface area (Å²) in [6.07, 6.45) is 0. The van der Waals surface area contributed by atoms with Gasteiger partial charge >= 0.3 is 0 Å². The fourth-order valence-electron chi connectivity index (χ4n) is 2.99. The van der Waals surface area contributed by atoms with E-state index in [1.807, 2.05) is 49.4 Å². The van der Waals surface area contributed by atoms with E-state index < -0.39 is 0 Å². The van der Waals surface area contributed by atoms with Crippen molar-refractivity contribution in [2.45, 2.75) is 6.92 Å². The van der Waals surface area contributed by atoms with Gasteiger partial charge in [0.15, 0.2) is 0 Å². The zero-order valence-corrected chi connectivity index (χ0v) is 14.9. The number of amides is 1. The van der Waals surface area contributed by atoms with Gasteiger partial charge in [0.1, 0.15) is 0 Å². The average molecular weight is 345 g/mol. The number of likely N-dealkylation sites (N-methyl/N-ethyl adjacent to an activating group) is 1. The number of aryl methyl sites for hydroxylation is 1. The second-order valence-electron chi connectivity index (χ2n) is 6.43. The first-order chi connectivity index (χ1) is 11.5. The summed E-state index contributed by atoms with van der Waals surface area (Å²) in [5.41, 5.74) is 3.53. The molecule has 4 nitrogen and oxygen atoms in total. The van der Waals surface area contributed by atoms with Gasteiger partial charge in [-0.1, -0.05) is 29.3 Å². The molecule has 2 N–H and O–H groups in total. The van der Waals surface area contributed by atoms with Crippen LogP contribution in [0.15, 0.2) is 42.5 Å². The normalized spacial score (nSPS) is 15.4. The molecule has 1 amide bonds. The Hall–Kier alpha value is -2.04. The molecule has 126 valence electrons. The minimum atomic E-state index is -0.109. The highest BCUT2D eigenvalue weighted by Gasteiger charge is 2.20. The van der Waals surface area contributed by atoms with Gasteiger partial charge in [-0.3, -0.25) is 4.79 Å². The molecule has 0 radical (unpaired) electrons. The van der Waals surface area contributed by atoms with Gasteiger partial charge in [0.25, 0.3) is 5.91 Å². The molecule has 1 saturated heterocycles. The Morgan fingerprint density at radius 1 is 1.17 bits per heavy atom. The number of carbonyl (C=O) groups excluding carboxylic acids is 1. The molecule has 0 aromatic heterocycles. The van der Waals surface area contributed by atoms with E-state index in [9.17, 15) is 4.79 Å². The molecule has 1 heterocycles. The van der Waals surface area contributed by atoms with Gasteiger partial charge in [-0.15, -0.1) is 0 Å². The largest absolute Gasteiger partial charge is 0.359 e. The highest BCUT2D eigenvalue weighted by Crippen LogP contribution is 2.29. The molecule has 24 heavy (non-hydrogen) atoms. The first-order valence-electron chi connectivity index (χ1n) is 8.27. The number of piperazine rings is 1. The number of hydrogen-bond acceptors (Lipinski definition) is 2. The monoisotopic (exact) mass is 344 g/mol. The Labute approximate surface area is 148 Å². The fourth-order valence-corrected chi connectivity index (χ4v) is 3.17. The zero-order chi connectivity index (χ0) is 17.1. The van der Waals surface area contributed by atoms with Crippen LogP contribution in [0.25, 0.3) is 0 Å². The van der Waals surface area contributed by atoms with Gasteiger partial charge < -0.3 is 15.1 Å². The highest BCUT2D eigenvalue weighted by molar-refractivity contribution is 6.31. The van der Waals surface area contributed by atoms with Crippen LogP contribution >= 0.6 is 11.6 Å². The van der Waals surface area contributed by atoms with Crippen molar-refractivity contribution in [3.8, 4) is 0 Å². The number of quaternary nitrogens is 1. The van der Waals surface area contributed by atoms with Crippen molar-refractivity contribution >= 4 is 28.9 Å². The minimum absolute atomic E-state index is 0.109. The van der Waals surface area contributed by atoms with Crippen molar-refractivity contribution < 1.29 is 9.69 Å². The molecule has 0 atom stereocenters. The second-order valence-corrected chi connectivity index (χ2v) is 6.87. The van der Waals surface area contributed by atoms with Crippen LogP contribution in [0.3, 0.4) is 0 Å². The lowest BCUT2D eigenvalue weighted by molar-refractivity contribution is -0.880. The molecule has 0 unspecified atom stereocenters. The van der Waals surface area contributed by atoms with Gasteiger partial charge in [0.05, 0.1) is 44.6 Å². The number of hydrogen-bond donors (Lipinski definition) is 2. The van der Waals surface area contributed by atoms with Gasteiger partial charge in [0, 0.05) is 10.6 Å². The van der Waals surface area contributed by atoms with Crippen molar-refractivity contribution in [3.63, 3.8) is 0 Å². The number of rotatable bonds is 3. The molecule has 1 aliphatic rings. The summed E-state index contributed by atoms with van der Waals surface area (Å²) in [5, 5.41) is 3.65. The van der Waals surface area contributed by atoms with Crippen molar-refractivity contribution in [1.29, 1.82) is 0 Å². The lowest BCUT2D eigenvalue weighted by Crippen LogP contribution is -3.12. The van der Waals surface area contributed by atoms with Crippen LogP contribution in [0.4, 0.5) is 11.4 Å². The Morgan fingerprint density at radius 2 is 1.92 bits per heavy atom. The Morgan fingerprint density at radius 3 is 2.62 bits per heavy atom. The van der Waals surface area contributed by atoms with Gasteiger partial charge in [-0.05, 0) is 37.3 Å². The van der Waals surface area contributed by atoms with Crippen molar-refractivity contribution in [2.75, 3.05) is 43.4 Å². The highest BCUT2D eigenvalue weighted by atomic mass is 35.5. The fraction of sp³-hybridized carbons (Fsp3) is 0.316. The smallest absolute Gasteiger partial charge is 0.255 e. The van der Waals surface area contributed by atoms with E-state index in [1.54, 1.807) is 0 Å². The molecule has 1 fully saturated rings. The molecule has 3 rings (SSSR count). The third-order valence-electron chi connectivity index (χ3n) is 4.44. The lowest BCUT2D eigenvalue weighted by Gasteiger charge is -2.33. The average Bonchev–Trinajstić information content (AvgIpc) is 2.56. The van der Waals surface area contributed by atoms with Crippen LogP contribution in [0.1, 0.15) is 15.9 Å². The Bertz CT molecular complexity index is 739. The van der Waals surface area contributed by atoms with Crippen molar-refractivity contribution in [2.24, 2.45) is 0 Å². The number of anilines is 2. The molecular formula is C19H23ClN3O+. The predicted octanol–water partition coefficient (Wildman–Crippen LogP) is 2.24. The first-order valence-corrected chi connectivity index (χ1v) is 8.64. The van der Waals surface area contributed by atoms with E-state index in [1.165, 1.54) is 4.90 Å². The maximum atomic E-state index is 12.6. The van der Waals surface area contributed by atoms with Crippen LogP contribution < -0.4 is 15.1 Å². The van der Waals surface area contributed by atoms with Crippen molar-refractivity contribution in [1.82, 2.24) is 0 Å². The molecule has 2 aromatic rings. The predicted molar refractivity (Wildman–Crippen MR) is 99.4 cm³/mol. The maximum absolute atomic E-state index is 12.6. The summed E-state index contributed by atoms with van der Waals surface area (Å²) >= 11 is 6.16. The zero-order valence-electron chi connectivity index (χ0n) is 14.1. The van der Waals surface area contributed by atoms with Crippen LogP contribution in [-0.2, 0) is 0 Å². The summed E-state index contributed by atoms with van der Waals surface area (Å²) in [4.78, 5) is 16.4. The quantitative estimate of drug-likeness (QED) is 0.896. The first kappa shape index (κ1) is 16.8. The number of carbonyl (C=O) groups is 1. The third kappa shape index (κ3) is 3.89. The van der Waals surface area contributed by atoms with Crippen LogP contribution in [0.2, 0.25) is 5.02 Å². The van der Waals surface area contributed by atoms with Crippen LogP contribution in [0.5, 0.6) is 0 Å². The summed E-state index contributed by atoms with van der Waals surface area (Å²) in [7, 11) is 2.21. The van der Waals surface area contributed by atoms with Gasteiger partial charge in [-0.2, -0.15) is 0 Å². The minimum Gasteiger partial charge on any atom is -0.359 e. The Balaban J connectivity index is 1.84. The molecular weight excluding hydrogens is 322 g/mol. The Kier molecular flexibility index (Phi) is 5.07. The molecule has 0 saturated carbocycles. The van der Waals surface area contributed by atoms with Gasteiger partial charge in [-0.25, -0.2) is 0 Å². The van der Waals surface area contributed by atoms with E-state index in [2.05, 4.69) is 17.3 Å². The molecule has 0 aliphatic carbocycles. The molecule has 1 aliphatic heterocycles. The number of benzene rings is 2. The van der Waals surface area contributed by atoms with E-state index in [-0.39, 0.29) is 5.91 Å². The van der Waals surface area contributed by atoms with Crippen LogP contribution in [0, 0.1) is 6.92 Å². The van der Waals surface area contributed by atoms with E-state index >= 15 is 0 Å². The maximum Gasteiger partial charge on any atom is 0.255 e. The van der Waals surface area contributed by atoms with E-state index in [0.717, 1.165) is 43.1 Å². The summed E-state index contributed by atoms with van der Waals surface area (Å²) < 4.78 is 0. The number of nitrogens with one attached hydrogen (secondary N) is 2.